The molecular weight excluding hydrogens is 484 g/mol. The average Bonchev–Trinajstić information content (AvgIpc) is 2.81. The van der Waals surface area contributed by atoms with Gasteiger partial charge in [0.1, 0.15) is 0 Å². The van der Waals surface area contributed by atoms with Gasteiger partial charge in [-0.25, -0.2) is 0 Å². The molecule has 0 radical (unpaired) electrons. The average molecular weight is 515 g/mol. The van der Waals surface area contributed by atoms with Gasteiger partial charge in [-0.15, -0.1) is 0 Å². The Labute approximate surface area is 188 Å². The van der Waals surface area contributed by atoms with Gasteiger partial charge in [0.15, 0.2) is 0 Å². The molecule has 152 valence electrons. The maximum absolute atomic E-state index is 2.92. The first-order chi connectivity index (χ1) is 14.1. The molecule has 29 heavy (non-hydrogen) atoms. The number of nitrogens with zero attached hydrogens (tertiary/aromatic N) is 1. The van der Waals surface area contributed by atoms with Gasteiger partial charge in [-0.2, -0.15) is 0 Å². The van der Waals surface area contributed by atoms with Crippen LogP contribution in [0.1, 0.15) is 26.2 Å². The van der Waals surface area contributed by atoms with E-state index in [2.05, 4.69) is 125 Å². The van der Waals surface area contributed by atoms with Crippen molar-refractivity contribution < 1.29 is 0 Å². The summed E-state index contributed by atoms with van der Waals surface area (Å²) in [7, 11) is 0. The minimum absolute atomic E-state index is 0.547. The predicted molar refractivity (Wildman–Crippen MR) is 139 cm³/mol. The van der Waals surface area contributed by atoms with E-state index in [4.69, 9.17) is 0 Å². The van der Waals surface area contributed by atoms with Gasteiger partial charge in [0.2, 0.25) is 0 Å². The molecule has 0 aliphatic carbocycles. The fraction of sp³-hybridized carbons (Fsp3) is 0.308. The van der Waals surface area contributed by atoms with Gasteiger partial charge in [0, 0.05) is 0 Å². The Hall–Kier alpha value is -1.22. The van der Waals surface area contributed by atoms with E-state index in [0.717, 1.165) is 0 Å². The van der Waals surface area contributed by atoms with Crippen LogP contribution in [-0.2, 0) is 0 Å². The van der Waals surface area contributed by atoms with Gasteiger partial charge in [-0.05, 0) is 0 Å². The first-order valence-electron chi connectivity index (χ1n) is 10.8. The monoisotopic (exact) mass is 515 g/mol. The first kappa shape index (κ1) is 21.0. The topological polar surface area (TPSA) is 3.24 Å². The Kier molecular flexibility index (Phi) is 6.44. The zero-order valence-electron chi connectivity index (χ0n) is 17.3. The molecule has 0 spiro atoms. The quantitative estimate of drug-likeness (QED) is 0.299. The standard InChI is InChI=1S/C26H31INP/c1-23(28-20-12-5-13-21-28)22-29(27,24-14-6-2-7-15-24,25-16-8-3-9-17-25)26-18-10-4-11-19-26/h2-4,6-11,14-19,23H,5,12-13,20-22H2,1H3. The van der Waals surface area contributed by atoms with Crippen LogP contribution in [-0.4, -0.2) is 30.2 Å². The van der Waals surface area contributed by atoms with Crippen LogP contribution in [0.15, 0.2) is 91.0 Å². The molecule has 1 atom stereocenters. The molecule has 1 heterocycles. The summed E-state index contributed by atoms with van der Waals surface area (Å²) in [4.78, 5) is 2.73. The number of likely N-dealkylation sites (tertiary alicyclic amines) is 1. The molecule has 1 aliphatic heterocycles. The van der Waals surface area contributed by atoms with Crippen molar-refractivity contribution in [2.24, 2.45) is 0 Å². The zero-order chi connectivity index (χ0) is 20.2. The normalized spacial score (nSPS) is 17.9. The van der Waals surface area contributed by atoms with E-state index in [9.17, 15) is 0 Å². The van der Waals surface area contributed by atoms with Gasteiger partial charge in [-0.1, -0.05) is 0 Å². The summed E-state index contributed by atoms with van der Waals surface area (Å²) >= 11 is 2.92. The van der Waals surface area contributed by atoms with Gasteiger partial charge in [0.25, 0.3) is 0 Å². The number of hydrogen-bond acceptors (Lipinski definition) is 1. The molecule has 0 bridgehead atoms. The van der Waals surface area contributed by atoms with Gasteiger partial charge in [-0.3, -0.25) is 0 Å². The third-order valence-electron chi connectivity index (χ3n) is 6.50. The van der Waals surface area contributed by atoms with E-state index in [1.807, 2.05) is 0 Å². The molecule has 3 aromatic rings. The van der Waals surface area contributed by atoms with Crippen LogP contribution in [0, 0.1) is 0 Å². The van der Waals surface area contributed by atoms with Crippen molar-refractivity contribution in [3.63, 3.8) is 0 Å². The summed E-state index contributed by atoms with van der Waals surface area (Å²) in [6.45, 7) is 4.94. The summed E-state index contributed by atoms with van der Waals surface area (Å²) in [6, 6.07) is 34.5. The minimum atomic E-state index is -2.66. The Morgan fingerprint density at radius 3 is 1.45 bits per heavy atom. The molecule has 4 rings (SSSR count). The summed E-state index contributed by atoms with van der Waals surface area (Å²) < 4.78 is -2.66. The Balaban J connectivity index is 1.94. The molecule has 0 aromatic heterocycles. The van der Waals surface area contributed by atoms with Gasteiger partial charge in [0.05, 0.1) is 0 Å². The van der Waals surface area contributed by atoms with E-state index in [1.54, 1.807) is 0 Å². The van der Waals surface area contributed by atoms with E-state index in [0.29, 0.717) is 6.04 Å². The zero-order valence-corrected chi connectivity index (χ0v) is 20.3. The van der Waals surface area contributed by atoms with E-state index in [-0.39, 0.29) is 0 Å². The molecule has 1 saturated heterocycles. The third-order valence-corrected chi connectivity index (χ3v) is 18.0. The van der Waals surface area contributed by atoms with Crippen molar-refractivity contribution in [1.29, 1.82) is 0 Å². The van der Waals surface area contributed by atoms with Crippen molar-refractivity contribution >= 4 is 42.2 Å². The van der Waals surface area contributed by atoms with Crippen LogP contribution in [0.5, 0.6) is 0 Å². The first-order valence-corrected chi connectivity index (χ1v) is 16.0. The van der Waals surface area contributed by atoms with E-state index in [1.165, 1.54) is 54.4 Å². The Morgan fingerprint density at radius 1 is 0.690 bits per heavy atom. The second-order valence-electron chi connectivity index (χ2n) is 8.32. The van der Waals surface area contributed by atoms with Crippen molar-refractivity contribution in [3.8, 4) is 0 Å². The number of hydrogen-bond donors (Lipinski definition) is 0. The molecule has 0 N–H and O–H groups in total. The fourth-order valence-corrected chi connectivity index (χ4v) is 14.7. The van der Waals surface area contributed by atoms with Crippen LogP contribution in [0.4, 0.5) is 0 Å². The van der Waals surface area contributed by atoms with Crippen LogP contribution in [0.2, 0.25) is 0 Å². The van der Waals surface area contributed by atoms with Crippen LogP contribution in [0.25, 0.3) is 0 Å². The molecule has 1 aliphatic rings. The van der Waals surface area contributed by atoms with Crippen LogP contribution in [0.3, 0.4) is 0 Å². The molecule has 3 heteroatoms. The van der Waals surface area contributed by atoms with Gasteiger partial charge >= 0.3 is 190 Å². The van der Waals surface area contributed by atoms with Crippen molar-refractivity contribution in [3.05, 3.63) is 91.0 Å². The van der Waals surface area contributed by atoms with Crippen molar-refractivity contribution in [2.45, 2.75) is 32.2 Å². The van der Waals surface area contributed by atoms with E-state index < -0.39 is 4.25 Å². The van der Waals surface area contributed by atoms with Gasteiger partial charge < -0.3 is 0 Å². The predicted octanol–water partition coefficient (Wildman–Crippen LogP) is 5.74. The number of halogens is 1. The molecular formula is C26H31INP. The Bertz CT molecular complexity index is 808. The number of rotatable bonds is 6. The van der Waals surface area contributed by atoms with Crippen LogP contribution < -0.4 is 15.9 Å². The van der Waals surface area contributed by atoms with Crippen molar-refractivity contribution in [2.75, 3.05) is 19.3 Å². The maximum atomic E-state index is 2.92. The summed E-state index contributed by atoms with van der Waals surface area (Å²) in [5.74, 6) is 0. The SMILES string of the molecule is CC(CP(I)(c1ccccc1)(c1ccccc1)c1ccccc1)N1CCCCC1. The summed E-state index contributed by atoms with van der Waals surface area (Å²) in [5, 5.41) is 4.46. The third kappa shape index (κ3) is 3.92. The molecule has 0 saturated carbocycles. The fourth-order valence-electron chi connectivity index (χ4n) is 4.95. The summed E-state index contributed by atoms with van der Waals surface area (Å²) in [5.41, 5.74) is 0. The van der Waals surface area contributed by atoms with Crippen LogP contribution >= 0.6 is 26.3 Å². The molecule has 1 fully saturated rings. The summed E-state index contributed by atoms with van der Waals surface area (Å²) in [6.07, 6.45) is 5.23. The number of benzene rings is 3. The second-order valence-corrected chi connectivity index (χ2v) is 19.0. The van der Waals surface area contributed by atoms with E-state index >= 15 is 0 Å². The second kappa shape index (κ2) is 8.88. The Morgan fingerprint density at radius 2 is 1.07 bits per heavy atom. The molecule has 0 amide bonds. The molecule has 3 aromatic carbocycles. The number of piperidine rings is 1. The van der Waals surface area contributed by atoms with Crippen molar-refractivity contribution in [1.82, 2.24) is 4.90 Å². The molecule has 1 nitrogen and oxygen atoms in total. The molecule has 1 unspecified atom stereocenters.